The Hall–Kier alpha value is -2.56. The van der Waals surface area contributed by atoms with Crippen LogP contribution in [0.2, 0.25) is 0 Å². The van der Waals surface area contributed by atoms with Crippen molar-refractivity contribution in [3.05, 3.63) is 48.7 Å². The third-order valence-electron chi connectivity index (χ3n) is 2.05. The number of urea groups is 1. The van der Waals surface area contributed by atoms with Crippen LogP contribution < -0.4 is 10.6 Å². The number of pyridine rings is 1. The molecule has 0 saturated carbocycles. The van der Waals surface area contributed by atoms with E-state index in [1.165, 1.54) is 12.3 Å². The Kier molecular flexibility index (Phi) is 3.20. The zero-order chi connectivity index (χ0) is 12.1. The fraction of sp³-hybridized carbons (Fsp3) is 0. The minimum Gasteiger partial charge on any atom is -0.504 e. The number of benzene rings is 1. The molecular formula is C12H11N3O2. The van der Waals surface area contributed by atoms with Gasteiger partial charge in [0.2, 0.25) is 0 Å². The lowest BCUT2D eigenvalue weighted by molar-refractivity contribution is 0.262. The highest BCUT2D eigenvalue weighted by molar-refractivity contribution is 5.99. The average Bonchev–Trinajstić information content (AvgIpc) is 2.33. The minimum atomic E-state index is -0.454. The zero-order valence-corrected chi connectivity index (χ0v) is 8.92. The number of aromatic hydroxyl groups is 1. The number of carbonyl (C=O) groups excluding carboxylic acids is 1. The Balaban J connectivity index is 2.01. The number of para-hydroxylation sites is 1. The van der Waals surface area contributed by atoms with Crippen molar-refractivity contribution < 1.29 is 9.90 Å². The highest BCUT2D eigenvalue weighted by atomic mass is 16.3. The van der Waals surface area contributed by atoms with Gasteiger partial charge in [-0.05, 0) is 24.3 Å². The molecule has 0 bridgehead atoms. The molecule has 5 heteroatoms. The van der Waals surface area contributed by atoms with Crippen LogP contribution >= 0.6 is 0 Å². The molecule has 0 spiro atoms. The molecule has 2 aromatic rings. The molecule has 2 amide bonds. The highest BCUT2D eigenvalue weighted by Gasteiger charge is 2.06. The first kappa shape index (κ1) is 10.9. The number of amides is 2. The van der Waals surface area contributed by atoms with Gasteiger partial charge in [-0.1, -0.05) is 18.2 Å². The van der Waals surface area contributed by atoms with Crippen molar-refractivity contribution in [2.24, 2.45) is 0 Å². The van der Waals surface area contributed by atoms with Gasteiger partial charge in [0.15, 0.2) is 11.6 Å². The molecule has 0 atom stereocenters. The summed E-state index contributed by atoms with van der Waals surface area (Å²) in [5.41, 5.74) is 0.667. The predicted octanol–water partition coefficient (Wildman–Crippen LogP) is 2.43. The van der Waals surface area contributed by atoms with E-state index >= 15 is 0 Å². The number of aromatic nitrogens is 1. The quantitative estimate of drug-likeness (QED) is 0.740. The van der Waals surface area contributed by atoms with Crippen LogP contribution in [0.4, 0.5) is 16.3 Å². The second-order valence-corrected chi connectivity index (χ2v) is 3.32. The number of hydrogen-bond acceptors (Lipinski definition) is 3. The Morgan fingerprint density at radius 2 is 1.82 bits per heavy atom. The number of hydrogen-bond donors (Lipinski definition) is 3. The van der Waals surface area contributed by atoms with Crippen molar-refractivity contribution in [3.8, 4) is 5.75 Å². The molecule has 1 heterocycles. The van der Waals surface area contributed by atoms with E-state index in [1.54, 1.807) is 18.2 Å². The van der Waals surface area contributed by atoms with Crippen LogP contribution in [0.3, 0.4) is 0 Å². The number of nitrogens with zero attached hydrogens (tertiary/aromatic N) is 1. The second-order valence-electron chi connectivity index (χ2n) is 3.32. The first-order valence-corrected chi connectivity index (χ1v) is 5.03. The summed E-state index contributed by atoms with van der Waals surface area (Å²) in [6, 6.07) is 11.6. The normalized spacial score (nSPS) is 9.65. The number of carbonyl (C=O) groups is 1. The van der Waals surface area contributed by atoms with Gasteiger partial charge in [-0.3, -0.25) is 5.32 Å². The zero-order valence-electron chi connectivity index (χ0n) is 8.92. The van der Waals surface area contributed by atoms with Gasteiger partial charge < -0.3 is 10.4 Å². The largest absolute Gasteiger partial charge is 0.504 e. The molecule has 0 aliphatic carbocycles. The molecule has 0 unspecified atom stereocenters. The molecule has 2 rings (SSSR count). The lowest BCUT2D eigenvalue weighted by Gasteiger charge is -2.07. The van der Waals surface area contributed by atoms with Crippen molar-refractivity contribution in [3.63, 3.8) is 0 Å². The van der Waals surface area contributed by atoms with E-state index in [0.717, 1.165) is 0 Å². The molecule has 0 aliphatic rings. The maximum atomic E-state index is 11.6. The van der Waals surface area contributed by atoms with Crippen LogP contribution in [0.25, 0.3) is 0 Å². The third-order valence-corrected chi connectivity index (χ3v) is 2.05. The lowest BCUT2D eigenvalue weighted by Crippen LogP contribution is -2.20. The Morgan fingerprint density at radius 1 is 1.06 bits per heavy atom. The molecule has 0 radical (unpaired) electrons. The SMILES string of the molecule is O=C(Nc1ccccc1)Nc1ncccc1O. The van der Waals surface area contributed by atoms with Crippen LogP contribution in [0.15, 0.2) is 48.7 Å². The summed E-state index contributed by atoms with van der Waals surface area (Å²) in [6.45, 7) is 0. The summed E-state index contributed by atoms with van der Waals surface area (Å²) in [7, 11) is 0. The van der Waals surface area contributed by atoms with Crippen molar-refractivity contribution >= 4 is 17.5 Å². The summed E-state index contributed by atoms with van der Waals surface area (Å²) in [4.78, 5) is 15.4. The Morgan fingerprint density at radius 3 is 2.53 bits per heavy atom. The highest BCUT2D eigenvalue weighted by Crippen LogP contribution is 2.18. The van der Waals surface area contributed by atoms with Crippen LogP contribution in [0.1, 0.15) is 0 Å². The van der Waals surface area contributed by atoms with Gasteiger partial charge >= 0.3 is 6.03 Å². The average molecular weight is 229 g/mol. The molecule has 86 valence electrons. The third kappa shape index (κ3) is 2.94. The predicted molar refractivity (Wildman–Crippen MR) is 65.0 cm³/mol. The molecule has 0 aliphatic heterocycles. The van der Waals surface area contributed by atoms with Gasteiger partial charge in [0.25, 0.3) is 0 Å². The molecule has 0 saturated heterocycles. The standard InChI is InChI=1S/C12H11N3O2/c16-10-7-4-8-13-11(10)15-12(17)14-9-5-2-1-3-6-9/h1-8,16H,(H2,13,14,15,17). The Labute approximate surface area is 98.1 Å². The summed E-state index contributed by atoms with van der Waals surface area (Å²) in [6.07, 6.45) is 1.48. The van der Waals surface area contributed by atoms with Crippen LogP contribution in [-0.2, 0) is 0 Å². The van der Waals surface area contributed by atoms with E-state index < -0.39 is 6.03 Å². The van der Waals surface area contributed by atoms with E-state index in [0.29, 0.717) is 5.69 Å². The van der Waals surface area contributed by atoms with Crippen LogP contribution in [-0.4, -0.2) is 16.1 Å². The topological polar surface area (TPSA) is 74.2 Å². The van der Waals surface area contributed by atoms with Gasteiger partial charge in [-0.2, -0.15) is 0 Å². The van der Waals surface area contributed by atoms with E-state index in [1.807, 2.05) is 18.2 Å². The number of rotatable bonds is 2. The minimum absolute atomic E-state index is 0.0734. The smallest absolute Gasteiger partial charge is 0.324 e. The van der Waals surface area contributed by atoms with E-state index in [-0.39, 0.29) is 11.6 Å². The summed E-state index contributed by atoms with van der Waals surface area (Å²) >= 11 is 0. The van der Waals surface area contributed by atoms with E-state index in [2.05, 4.69) is 15.6 Å². The maximum absolute atomic E-state index is 11.6. The lowest BCUT2D eigenvalue weighted by atomic mass is 10.3. The van der Waals surface area contributed by atoms with Gasteiger partial charge in [-0.25, -0.2) is 9.78 Å². The summed E-state index contributed by atoms with van der Waals surface area (Å²) in [5.74, 6) is 0.0524. The molecule has 1 aromatic heterocycles. The molecule has 1 aromatic carbocycles. The van der Waals surface area contributed by atoms with Crippen LogP contribution in [0, 0.1) is 0 Å². The second kappa shape index (κ2) is 4.98. The van der Waals surface area contributed by atoms with Gasteiger partial charge in [0.1, 0.15) is 0 Å². The molecule has 0 fully saturated rings. The number of nitrogens with one attached hydrogen (secondary N) is 2. The van der Waals surface area contributed by atoms with Gasteiger partial charge in [-0.15, -0.1) is 0 Å². The van der Waals surface area contributed by atoms with Crippen LogP contribution in [0.5, 0.6) is 5.75 Å². The maximum Gasteiger partial charge on any atom is 0.324 e. The van der Waals surface area contributed by atoms with Crippen molar-refractivity contribution in [1.29, 1.82) is 0 Å². The van der Waals surface area contributed by atoms with Crippen molar-refractivity contribution in [2.75, 3.05) is 10.6 Å². The Bertz CT molecular complexity index is 514. The van der Waals surface area contributed by atoms with Gasteiger partial charge in [0, 0.05) is 11.9 Å². The fourth-order valence-electron chi connectivity index (χ4n) is 1.28. The van der Waals surface area contributed by atoms with Gasteiger partial charge in [0.05, 0.1) is 0 Å². The van der Waals surface area contributed by atoms with E-state index in [4.69, 9.17) is 0 Å². The van der Waals surface area contributed by atoms with Crippen molar-refractivity contribution in [1.82, 2.24) is 4.98 Å². The monoisotopic (exact) mass is 229 g/mol. The number of anilines is 2. The molecule has 17 heavy (non-hydrogen) atoms. The summed E-state index contributed by atoms with van der Waals surface area (Å²) in [5, 5.41) is 14.5. The molecule has 3 N–H and O–H groups in total. The fourth-order valence-corrected chi connectivity index (χ4v) is 1.28. The first-order chi connectivity index (χ1) is 8.25. The molecule has 5 nitrogen and oxygen atoms in total. The van der Waals surface area contributed by atoms with Crippen molar-refractivity contribution in [2.45, 2.75) is 0 Å². The summed E-state index contributed by atoms with van der Waals surface area (Å²) < 4.78 is 0. The molecular weight excluding hydrogens is 218 g/mol. The first-order valence-electron chi connectivity index (χ1n) is 5.03. The van der Waals surface area contributed by atoms with E-state index in [9.17, 15) is 9.90 Å².